The molecule has 2 aromatic rings. The third kappa shape index (κ3) is 6.58. The van der Waals surface area contributed by atoms with Gasteiger partial charge in [0.2, 0.25) is 5.91 Å². The molecular formula is C21H24N2O4. The second-order valence-electron chi connectivity index (χ2n) is 7.17. The maximum absolute atomic E-state index is 12.5. The Morgan fingerprint density at radius 2 is 1.56 bits per heavy atom. The first-order valence-electron chi connectivity index (χ1n) is 8.70. The Balaban J connectivity index is 2.03. The van der Waals surface area contributed by atoms with Gasteiger partial charge in [-0.25, -0.2) is 0 Å². The molecule has 0 radical (unpaired) electrons. The minimum Gasteiger partial charge on any atom is -0.481 e. The van der Waals surface area contributed by atoms with Crippen LogP contribution in [-0.2, 0) is 16.1 Å². The van der Waals surface area contributed by atoms with Crippen LogP contribution in [0.15, 0.2) is 54.6 Å². The molecule has 6 nitrogen and oxygen atoms in total. The molecule has 0 aromatic heterocycles. The number of hydrogen-bond donors (Lipinski definition) is 3. The molecule has 3 N–H and O–H groups in total. The third-order valence-electron chi connectivity index (χ3n) is 4.01. The Kier molecular flexibility index (Phi) is 6.71. The SMILES string of the molecule is CC(C)(CC(=O)O)CC(=O)Nc1ccccc1C(=O)NCc1ccccc1. The molecule has 0 aliphatic carbocycles. The lowest BCUT2D eigenvalue weighted by atomic mass is 9.85. The summed E-state index contributed by atoms with van der Waals surface area (Å²) in [6.07, 6.45) is -0.0705. The van der Waals surface area contributed by atoms with Crippen LogP contribution in [0.5, 0.6) is 0 Å². The van der Waals surface area contributed by atoms with E-state index in [2.05, 4.69) is 10.6 Å². The van der Waals surface area contributed by atoms with Gasteiger partial charge in [0.1, 0.15) is 0 Å². The molecule has 0 bridgehead atoms. The minimum absolute atomic E-state index is 0.0409. The number of aliphatic carboxylic acids is 1. The summed E-state index contributed by atoms with van der Waals surface area (Å²) in [5.41, 5.74) is 1.06. The zero-order valence-corrected chi connectivity index (χ0v) is 15.5. The number of rotatable bonds is 8. The zero-order valence-electron chi connectivity index (χ0n) is 15.5. The van der Waals surface area contributed by atoms with E-state index in [4.69, 9.17) is 5.11 Å². The number of para-hydroxylation sites is 1. The Labute approximate surface area is 158 Å². The molecule has 2 amide bonds. The molecule has 0 saturated heterocycles. The number of anilines is 1. The van der Waals surface area contributed by atoms with E-state index in [9.17, 15) is 14.4 Å². The molecule has 0 spiro atoms. The molecule has 0 saturated carbocycles. The van der Waals surface area contributed by atoms with Crippen molar-refractivity contribution in [3.05, 3.63) is 65.7 Å². The third-order valence-corrected chi connectivity index (χ3v) is 4.01. The summed E-state index contributed by atoms with van der Waals surface area (Å²) < 4.78 is 0. The first-order chi connectivity index (χ1) is 12.8. The minimum atomic E-state index is -0.950. The average molecular weight is 368 g/mol. The van der Waals surface area contributed by atoms with Crippen LogP contribution < -0.4 is 10.6 Å². The number of benzene rings is 2. The lowest BCUT2D eigenvalue weighted by Crippen LogP contribution is -2.27. The average Bonchev–Trinajstić information content (AvgIpc) is 2.59. The van der Waals surface area contributed by atoms with E-state index < -0.39 is 11.4 Å². The van der Waals surface area contributed by atoms with E-state index in [1.807, 2.05) is 30.3 Å². The molecule has 142 valence electrons. The lowest BCUT2D eigenvalue weighted by molar-refractivity contribution is -0.139. The van der Waals surface area contributed by atoms with Crippen LogP contribution in [-0.4, -0.2) is 22.9 Å². The summed E-state index contributed by atoms with van der Waals surface area (Å²) in [5.74, 6) is -1.57. The van der Waals surface area contributed by atoms with Crippen molar-refractivity contribution >= 4 is 23.5 Å². The summed E-state index contributed by atoms with van der Waals surface area (Å²) in [6, 6.07) is 16.3. The predicted octanol–water partition coefficient (Wildman–Crippen LogP) is 3.45. The number of carboxylic acids is 1. The van der Waals surface area contributed by atoms with Gasteiger partial charge in [-0.2, -0.15) is 0 Å². The monoisotopic (exact) mass is 368 g/mol. The molecule has 0 aliphatic heterocycles. The van der Waals surface area contributed by atoms with Crippen LogP contribution in [0.3, 0.4) is 0 Å². The highest BCUT2D eigenvalue weighted by molar-refractivity contribution is 6.03. The first-order valence-corrected chi connectivity index (χ1v) is 8.70. The summed E-state index contributed by atoms with van der Waals surface area (Å²) in [5, 5.41) is 14.5. The Bertz CT molecular complexity index is 816. The Hall–Kier alpha value is -3.15. The molecule has 27 heavy (non-hydrogen) atoms. The highest BCUT2D eigenvalue weighted by Gasteiger charge is 2.25. The van der Waals surface area contributed by atoms with Crippen molar-refractivity contribution in [1.29, 1.82) is 0 Å². The van der Waals surface area contributed by atoms with Gasteiger partial charge in [-0.15, -0.1) is 0 Å². The second-order valence-corrected chi connectivity index (χ2v) is 7.17. The fourth-order valence-corrected chi connectivity index (χ4v) is 2.76. The van der Waals surface area contributed by atoms with Gasteiger partial charge in [-0.1, -0.05) is 56.3 Å². The predicted molar refractivity (Wildman–Crippen MR) is 103 cm³/mol. The van der Waals surface area contributed by atoms with Crippen molar-refractivity contribution in [3.8, 4) is 0 Å². The van der Waals surface area contributed by atoms with Crippen LogP contribution in [0, 0.1) is 5.41 Å². The Morgan fingerprint density at radius 1 is 0.926 bits per heavy atom. The standard InChI is InChI=1S/C21H24N2O4/c1-21(2,13-19(25)26)12-18(24)23-17-11-7-6-10-16(17)20(27)22-14-15-8-4-3-5-9-15/h3-11H,12-14H2,1-2H3,(H,22,27)(H,23,24)(H,25,26). The highest BCUT2D eigenvalue weighted by atomic mass is 16.4. The van der Waals surface area contributed by atoms with Crippen molar-refractivity contribution in [2.45, 2.75) is 33.2 Å². The molecule has 2 aromatic carbocycles. The van der Waals surface area contributed by atoms with Gasteiger partial charge in [0.15, 0.2) is 0 Å². The second kappa shape index (κ2) is 8.98. The largest absolute Gasteiger partial charge is 0.481 e. The lowest BCUT2D eigenvalue weighted by Gasteiger charge is -2.22. The van der Waals surface area contributed by atoms with E-state index in [-0.39, 0.29) is 24.7 Å². The summed E-state index contributed by atoms with van der Waals surface area (Å²) in [7, 11) is 0. The van der Waals surface area contributed by atoms with Crippen LogP contribution in [0.2, 0.25) is 0 Å². The van der Waals surface area contributed by atoms with Gasteiger partial charge < -0.3 is 15.7 Å². The Morgan fingerprint density at radius 3 is 2.22 bits per heavy atom. The van der Waals surface area contributed by atoms with E-state index in [0.717, 1.165) is 5.56 Å². The van der Waals surface area contributed by atoms with Gasteiger partial charge in [0, 0.05) is 13.0 Å². The van der Waals surface area contributed by atoms with E-state index in [1.54, 1.807) is 38.1 Å². The summed E-state index contributed by atoms with van der Waals surface area (Å²) in [6.45, 7) is 3.83. The normalized spacial score (nSPS) is 10.9. The van der Waals surface area contributed by atoms with Crippen molar-refractivity contribution in [2.75, 3.05) is 5.32 Å². The molecule has 6 heteroatoms. The molecule has 0 atom stereocenters. The van der Waals surface area contributed by atoms with Gasteiger partial charge in [-0.3, -0.25) is 14.4 Å². The number of carbonyl (C=O) groups is 3. The number of amides is 2. The number of carboxylic acid groups (broad SMARTS) is 1. The number of carbonyl (C=O) groups excluding carboxylic acids is 2. The van der Waals surface area contributed by atoms with Crippen LogP contribution >= 0.6 is 0 Å². The van der Waals surface area contributed by atoms with E-state index in [1.165, 1.54) is 0 Å². The van der Waals surface area contributed by atoms with Crippen molar-refractivity contribution in [3.63, 3.8) is 0 Å². The van der Waals surface area contributed by atoms with Crippen molar-refractivity contribution < 1.29 is 19.5 Å². The summed E-state index contributed by atoms with van der Waals surface area (Å²) >= 11 is 0. The highest BCUT2D eigenvalue weighted by Crippen LogP contribution is 2.26. The molecule has 0 aliphatic rings. The van der Waals surface area contributed by atoms with Gasteiger partial charge in [0.05, 0.1) is 17.7 Å². The fraction of sp³-hybridized carbons (Fsp3) is 0.286. The molecule has 0 heterocycles. The maximum Gasteiger partial charge on any atom is 0.303 e. The molecule has 0 unspecified atom stereocenters. The van der Waals surface area contributed by atoms with Gasteiger partial charge >= 0.3 is 5.97 Å². The van der Waals surface area contributed by atoms with Crippen LogP contribution in [0.4, 0.5) is 5.69 Å². The molecular weight excluding hydrogens is 344 g/mol. The zero-order chi connectivity index (χ0) is 19.9. The van der Waals surface area contributed by atoms with E-state index in [0.29, 0.717) is 17.8 Å². The van der Waals surface area contributed by atoms with Crippen LogP contribution in [0.1, 0.15) is 42.6 Å². The van der Waals surface area contributed by atoms with Gasteiger partial charge in [0.25, 0.3) is 5.91 Å². The fourth-order valence-electron chi connectivity index (χ4n) is 2.76. The van der Waals surface area contributed by atoms with Crippen molar-refractivity contribution in [2.24, 2.45) is 5.41 Å². The number of hydrogen-bond acceptors (Lipinski definition) is 3. The maximum atomic E-state index is 12.5. The topological polar surface area (TPSA) is 95.5 Å². The first kappa shape index (κ1) is 20.2. The summed E-state index contributed by atoms with van der Waals surface area (Å²) in [4.78, 5) is 35.7. The van der Waals surface area contributed by atoms with Gasteiger partial charge in [-0.05, 0) is 23.1 Å². The van der Waals surface area contributed by atoms with Crippen LogP contribution in [0.25, 0.3) is 0 Å². The molecule has 2 rings (SSSR count). The quantitative estimate of drug-likeness (QED) is 0.665. The van der Waals surface area contributed by atoms with E-state index >= 15 is 0 Å². The molecule has 0 fully saturated rings. The van der Waals surface area contributed by atoms with Crippen molar-refractivity contribution in [1.82, 2.24) is 5.32 Å². The number of nitrogens with one attached hydrogen (secondary N) is 2. The smallest absolute Gasteiger partial charge is 0.303 e.